The zero-order valence-electron chi connectivity index (χ0n) is 15.4. The van der Waals surface area contributed by atoms with Crippen LogP contribution in [0, 0.1) is 5.82 Å². The highest BCUT2D eigenvalue weighted by atomic mass is 19.4. The molecule has 0 radical (unpaired) electrons. The van der Waals surface area contributed by atoms with Gasteiger partial charge in [0.1, 0.15) is 5.82 Å². The van der Waals surface area contributed by atoms with Gasteiger partial charge in [0.2, 0.25) is 0 Å². The Kier molecular flexibility index (Phi) is 4.96. The molecule has 2 aromatic carbocycles. The van der Waals surface area contributed by atoms with E-state index in [1.165, 1.54) is 12.1 Å². The molecule has 0 saturated carbocycles. The SMILES string of the molecule is Nc1ccc(-c2ncc3c(n2)CCN(Cc2cccc(C(F)(F)F)c2F)C3)cc1. The third-order valence-corrected chi connectivity index (χ3v) is 4.96. The first-order chi connectivity index (χ1) is 13.8. The summed E-state index contributed by atoms with van der Waals surface area (Å²) in [7, 11) is 0. The number of alkyl halides is 3. The third kappa shape index (κ3) is 4.07. The van der Waals surface area contributed by atoms with Crippen molar-refractivity contribution < 1.29 is 17.6 Å². The van der Waals surface area contributed by atoms with Gasteiger partial charge in [0, 0.05) is 54.6 Å². The van der Waals surface area contributed by atoms with E-state index in [4.69, 9.17) is 5.73 Å². The van der Waals surface area contributed by atoms with Gasteiger partial charge in [0.05, 0.1) is 11.3 Å². The van der Waals surface area contributed by atoms with Crippen LogP contribution in [0.5, 0.6) is 0 Å². The van der Waals surface area contributed by atoms with E-state index in [1.807, 2.05) is 17.0 Å². The molecule has 0 aliphatic carbocycles. The van der Waals surface area contributed by atoms with Crippen molar-refractivity contribution in [2.24, 2.45) is 0 Å². The van der Waals surface area contributed by atoms with Crippen LogP contribution in [0.4, 0.5) is 23.2 Å². The molecule has 0 unspecified atom stereocenters. The summed E-state index contributed by atoms with van der Waals surface area (Å²) >= 11 is 0. The molecular formula is C21H18F4N4. The monoisotopic (exact) mass is 402 g/mol. The minimum atomic E-state index is -4.71. The van der Waals surface area contributed by atoms with Gasteiger partial charge in [-0.3, -0.25) is 4.90 Å². The molecule has 150 valence electrons. The van der Waals surface area contributed by atoms with Crippen molar-refractivity contribution in [3.8, 4) is 11.4 Å². The maximum absolute atomic E-state index is 14.3. The number of nitrogens with zero attached hydrogens (tertiary/aromatic N) is 3. The molecular weight excluding hydrogens is 384 g/mol. The Hall–Kier alpha value is -3.00. The van der Waals surface area contributed by atoms with E-state index in [1.54, 1.807) is 18.3 Å². The summed E-state index contributed by atoms with van der Waals surface area (Å²) in [5.74, 6) is -0.609. The second-order valence-corrected chi connectivity index (χ2v) is 7.02. The third-order valence-electron chi connectivity index (χ3n) is 4.96. The van der Waals surface area contributed by atoms with Gasteiger partial charge in [0.25, 0.3) is 0 Å². The number of aromatic nitrogens is 2. The molecule has 0 saturated heterocycles. The van der Waals surface area contributed by atoms with Gasteiger partial charge < -0.3 is 5.73 Å². The topological polar surface area (TPSA) is 55.0 Å². The van der Waals surface area contributed by atoms with Crippen molar-refractivity contribution in [2.45, 2.75) is 25.7 Å². The fourth-order valence-electron chi connectivity index (χ4n) is 3.44. The van der Waals surface area contributed by atoms with Crippen molar-refractivity contribution in [1.29, 1.82) is 0 Å². The van der Waals surface area contributed by atoms with E-state index in [2.05, 4.69) is 9.97 Å². The van der Waals surface area contributed by atoms with E-state index < -0.39 is 17.6 Å². The van der Waals surface area contributed by atoms with Crippen LogP contribution >= 0.6 is 0 Å². The standard InChI is InChI=1S/C21H18F4N4/c22-19-14(2-1-3-17(19)21(23,24)25)11-29-9-8-18-15(12-29)10-27-20(28-18)13-4-6-16(26)7-5-13/h1-7,10H,8-9,11-12,26H2. The van der Waals surface area contributed by atoms with Crippen LogP contribution in [0.2, 0.25) is 0 Å². The lowest BCUT2D eigenvalue weighted by Gasteiger charge is -2.28. The van der Waals surface area contributed by atoms with Gasteiger partial charge >= 0.3 is 6.18 Å². The van der Waals surface area contributed by atoms with Crippen LogP contribution < -0.4 is 5.73 Å². The Morgan fingerprint density at radius 2 is 1.83 bits per heavy atom. The van der Waals surface area contributed by atoms with Crippen LogP contribution in [0.25, 0.3) is 11.4 Å². The highest BCUT2D eigenvalue weighted by Crippen LogP contribution is 2.33. The molecule has 2 N–H and O–H groups in total. The summed E-state index contributed by atoms with van der Waals surface area (Å²) in [6.45, 7) is 1.11. The first kappa shape index (κ1) is 19.3. The fraction of sp³-hybridized carbons (Fsp3) is 0.238. The van der Waals surface area contributed by atoms with Crippen molar-refractivity contribution in [2.75, 3.05) is 12.3 Å². The summed E-state index contributed by atoms with van der Waals surface area (Å²) in [4.78, 5) is 10.9. The van der Waals surface area contributed by atoms with Gasteiger partial charge in [-0.25, -0.2) is 14.4 Å². The van der Waals surface area contributed by atoms with Crippen molar-refractivity contribution in [3.63, 3.8) is 0 Å². The number of anilines is 1. The second-order valence-electron chi connectivity index (χ2n) is 7.02. The van der Waals surface area contributed by atoms with Gasteiger partial charge in [-0.15, -0.1) is 0 Å². The molecule has 0 atom stereocenters. The van der Waals surface area contributed by atoms with Gasteiger partial charge in [-0.1, -0.05) is 12.1 Å². The maximum Gasteiger partial charge on any atom is 0.419 e. The minimum absolute atomic E-state index is 0.0303. The zero-order chi connectivity index (χ0) is 20.6. The van der Waals surface area contributed by atoms with Crippen molar-refractivity contribution in [3.05, 3.63) is 76.9 Å². The van der Waals surface area contributed by atoms with Crippen molar-refractivity contribution in [1.82, 2.24) is 14.9 Å². The lowest BCUT2D eigenvalue weighted by molar-refractivity contribution is -0.140. The molecule has 2 heterocycles. The molecule has 4 nitrogen and oxygen atoms in total. The lowest BCUT2D eigenvalue weighted by atomic mass is 10.0. The molecule has 8 heteroatoms. The van der Waals surface area contributed by atoms with Crippen molar-refractivity contribution >= 4 is 5.69 Å². The number of hydrogen-bond acceptors (Lipinski definition) is 4. The van der Waals surface area contributed by atoms with Crippen LogP contribution in [-0.2, 0) is 25.7 Å². The molecule has 1 aliphatic heterocycles. The number of nitrogen functional groups attached to an aromatic ring is 1. The number of halogens is 4. The normalized spacial score (nSPS) is 14.6. The summed E-state index contributed by atoms with van der Waals surface area (Å²) in [6, 6.07) is 10.6. The minimum Gasteiger partial charge on any atom is -0.399 e. The van der Waals surface area contributed by atoms with E-state index in [9.17, 15) is 17.6 Å². The second kappa shape index (κ2) is 7.44. The van der Waals surface area contributed by atoms with E-state index in [0.717, 1.165) is 22.9 Å². The summed E-state index contributed by atoms with van der Waals surface area (Å²) in [5, 5.41) is 0. The molecule has 4 rings (SSSR count). The van der Waals surface area contributed by atoms with Crippen LogP contribution in [0.3, 0.4) is 0 Å². The first-order valence-corrected chi connectivity index (χ1v) is 9.09. The Bertz CT molecular complexity index is 1030. The predicted octanol–water partition coefficient (Wildman–Crippen LogP) is 4.44. The van der Waals surface area contributed by atoms with E-state index in [0.29, 0.717) is 31.0 Å². The van der Waals surface area contributed by atoms with Gasteiger partial charge in [-0.2, -0.15) is 13.2 Å². The highest BCUT2D eigenvalue weighted by molar-refractivity contribution is 5.58. The number of rotatable bonds is 3. The predicted molar refractivity (Wildman–Crippen MR) is 101 cm³/mol. The average Bonchev–Trinajstić information content (AvgIpc) is 2.69. The molecule has 0 spiro atoms. The van der Waals surface area contributed by atoms with Crippen LogP contribution in [0.15, 0.2) is 48.7 Å². The Morgan fingerprint density at radius 1 is 1.07 bits per heavy atom. The molecule has 3 aromatic rings. The average molecular weight is 402 g/mol. The maximum atomic E-state index is 14.3. The molecule has 29 heavy (non-hydrogen) atoms. The molecule has 0 fully saturated rings. The summed E-state index contributed by atoms with van der Waals surface area (Å²) in [6.07, 6.45) is -2.37. The molecule has 0 amide bonds. The largest absolute Gasteiger partial charge is 0.419 e. The Morgan fingerprint density at radius 3 is 2.55 bits per heavy atom. The number of hydrogen-bond donors (Lipinski definition) is 1. The van der Waals surface area contributed by atoms with Gasteiger partial charge in [-0.05, 0) is 30.3 Å². The molecule has 1 aliphatic rings. The quantitative estimate of drug-likeness (QED) is 0.520. The Balaban J connectivity index is 1.52. The summed E-state index contributed by atoms with van der Waals surface area (Å²) < 4.78 is 53.1. The molecule has 1 aromatic heterocycles. The van der Waals surface area contributed by atoms with E-state index in [-0.39, 0.29) is 12.1 Å². The zero-order valence-corrected chi connectivity index (χ0v) is 15.4. The fourth-order valence-corrected chi connectivity index (χ4v) is 3.44. The number of nitrogens with two attached hydrogens (primary N) is 1. The smallest absolute Gasteiger partial charge is 0.399 e. The highest BCUT2D eigenvalue weighted by Gasteiger charge is 2.35. The van der Waals surface area contributed by atoms with Crippen LogP contribution in [-0.4, -0.2) is 21.4 Å². The molecule has 0 bridgehead atoms. The number of fused-ring (bicyclic) bond motifs is 1. The Labute approximate surface area is 165 Å². The van der Waals surface area contributed by atoms with Crippen LogP contribution in [0.1, 0.15) is 22.4 Å². The van der Waals surface area contributed by atoms with E-state index >= 15 is 0 Å². The lowest BCUT2D eigenvalue weighted by Crippen LogP contribution is -2.31. The van der Waals surface area contributed by atoms with Gasteiger partial charge in [0.15, 0.2) is 5.82 Å². The summed E-state index contributed by atoms with van der Waals surface area (Å²) in [5.41, 5.74) is 7.80. The number of benzene rings is 2. The first-order valence-electron chi connectivity index (χ1n) is 9.09.